The van der Waals surface area contributed by atoms with E-state index in [1.54, 1.807) is 12.1 Å². The summed E-state index contributed by atoms with van der Waals surface area (Å²) in [7, 11) is 2.06. The number of rotatable bonds is 4. The van der Waals surface area contributed by atoms with E-state index in [1.165, 1.54) is 11.3 Å². The van der Waals surface area contributed by atoms with Crippen molar-refractivity contribution < 1.29 is 9.59 Å². The fourth-order valence-electron chi connectivity index (χ4n) is 4.84. The number of fused-ring (bicyclic) bond motifs is 2. The average Bonchev–Trinajstić information content (AvgIpc) is 3.38. The van der Waals surface area contributed by atoms with Crippen LogP contribution in [0.5, 0.6) is 0 Å². The SMILES string of the molecule is CN1CCc2nc(C(=O)NC3(C(=O)c4cc5cc(Cl)ccc5[nH]4)CCCCC3N)sc2C1. The van der Waals surface area contributed by atoms with Crippen LogP contribution in [0.3, 0.4) is 0 Å². The number of H-pyrrole nitrogens is 1. The number of nitrogens with two attached hydrogens (primary N) is 1. The maximum Gasteiger partial charge on any atom is 0.281 e. The number of benzene rings is 1. The predicted octanol–water partition coefficient (Wildman–Crippen LogP) is 3.52. The number of aromatic nitrogens is 2. The number of thiazole rings is 1. The van der Waals surface area contributed by atoms with Crippen molar-refractivity contribution in [3.8, 4) is 0 Å². The van der Waals surface area contributed by atoms with Gasteiger partial charge in [-0.25, -0.2) is 4.98 Å². The number of hydrogen-bond acceptors (Lipinski definition) is 6. The zero-order chi connectivity index (χ0) is 22.5. The van der Waals surface area contributed by atoms with Crippen LogP contribution in [0.1, 0.15) is 56.5 Å². The third-order valence-electron chi connectivity index (χ3n) is 6.65. The lowest BCUT2D eigenvalue weighted by atomic mass is 9.74. The minimum atomic E-state index is -1.16. The van der Waals surface area contributed by atoms with Gasteiger partial charge in [-0.05, 0) is 44.2 Å². The lowest BCUT2D eigenvalue weighted by molar-refractivity contribution is 0.0678. The van der Waals surface area contributed by atoms with Gasteiger partial charge in [0.2, 0.25) is 5.78 Å². The van der Waals surface area contributed by atoms with E-state index in [2.05, 4.69) is 27.2 Å². The second kappa shape index (κ2) is 8.26. The van der Waals surface area contributed by atoms with Gasteiger partial charge in [-0.1, -0.05) is 24.4 Å². The first kappa shape index (κ1) is 21.6. The molecule has 3 heterocycles. The molecule has 7 nitrogen and oxygen atoms in total. The van der Waals surface area contributed by atoms with E-state index in [4.69, 9.17) is 17.3 Å². The quantitative estimate of drug-likeness (QED) is 0.505. The summed E-state index contributed by atoms with van der Waals surface area (Å²) in [6, 6.07) is 6.75. The molecule has 1 saturated carbocycles. The van der Waals surface area contributed by atoms with Crippen LogP contribution in [-0.4, -0.2) is 51.7 Å². The van der Waals surface area contributed by atoms with Gasteiger partial charge in [0, 0.05) is 46.4 Å². The molecular formula is C23H26ClN5O2S. The molecule has 4 N–H and O–H groups in total. The Morgan fingerprint density at radius 1 is 1.34 bits per heavy atom. The number of Topliss-reactive ketones (excluding diaryl/α,β-unsaturated/α-hetero) is 1. The van der Waals surface area contributed by atoms with E-state index in [0.29, 0.717) is 28.6 Å². The van der Waals surface area contributed by atoms with E-state index < -0.39 is 11.6 Å². The molecule has 1 aromatic carbocycles. The molecule has 2 aliphatic rings. The molecule has 5 rings (SSSR count). The van der Waals surface area contributed by atoms with E-state index in [1.807, 2.05) is 12.1 Å². The summed E-state index contributed by atoms with van der Waals surface area (Å²) in [5.74, 6) is -0.511. The monoisotopic (exact) mass is 471 g/mol. The van der Waals surface area contributed by atoms with E-state index in [0.717, 1.165) is 53.8 Å². The maximum atomic E-state index is 13.8. The number of nitrogens with one attached hydrogen (secondary N) is 2. The van der Waals surface area contributed by atoms with E-state index in [-0.39, 0.29) is 11.7 Å². The molecule has 1 aliphatic carbocycles. The molecule has 0 spiro atoms. The Kier molecular flexibility index (Phi) is 5.57. The second-order valence-electron chi connectivity index (χ2n) is 8.90. The molecule has 2 atom stereocenters. The maximum absolute atomic E-state index is 13.8. The van der Waals surface area contributed by atoms with Crippen LogP contribution >= 0.6 is 22.9 Å². The van der Waals surface area contributed by atoms with Crippen molar-refractivity contribution >= 4 is 45.5 Å². The van der Waals surface area contributed by atoms with Gasteiger partial charge in [0.25, 0.3) is 5.91 Å². The first-order valence-electron chi connectivity index (χ1n) is 10.9. The number of nitrogens with zero attached hydrogens (tertiary/aromatic N) is 2. The van der Waals surface area contributed by atoms with Crippen molar-refractivity contribution in [1.29, 1.82) is 0 Å². The van der Waals surface area contributed by atoms with Gasteiger partial charge in [-0.3, -0.25) is 9.59 Å². The summed E-state index contributed by atoms with van der Waals surface area (Å²) >= 11 is 7.52. The van der Waals surface area contributed by atoms with Crippen LogP contribution in [0.4, 0.5) is 0 Å². The van der Waals surface area contributed by atoms with Crippen LogP contribution in [-0.2, 0) is 13.0 Å². The molecule has 1 fully saturated rings. The number of carbonyl (C=O) groups excluding carboxylic acids is 2. The molecule has 0 saturated heterocycles. The largest absolute Gasteiger partial charge is 0.352 e. The molecule has 168 valence electrons. The van der Waals surface area contributed by atoms with Crippen molar-refractivity contribution in [3.63, 3.8) is 0 Å². The van der Waals surface area contributed by atoms with Gasteiger partial charge in [-0.15, -0.1) is 11.3 Å². The van der Waals surface area contributed by atoms with Gasteiger partial charge in [0.1, 0.15) is 5.54 Å². The van der Waals surface area contributed by atoms with Gasteiger partial charge in [0.15, 0.2) is 5.01 Å². The van der Waals surface area contributed by atoms with Gasteiger partial charge in [-0.2, -0.15) is 0 Å². The molecule has 9 heteroatoms. The number of carbonyl (C=O) groups is 2. The Hall–Kier alpha value is -2.26. The van der Waals surface area contributed by atoms with Crippen LogP contribution < -0.4 is 11.1 Å². The molecular weight excluding hydrogens is 446 g/mol. The Labute approximate surface area is 195 Å². The normalized spacial score (nSPS) is 23.8. The number of halogens is 1. The Bertz CT molecular complexity index is 1200. The highest BCUT2D eigenvalue weighted by Gasteiger charge is 2.48. The predicted molar refractivity (Wildman–Crippen MR) is 126 cm³/mol. The number of likely N-dealkylation sites (N-methyl/N-ethyl adjacent to an activating group) is 1. The number of hydrogen-bond donors (Lipinski definition) is 3. The van der Waals surface area contributed by atoms with E-state index in [9.17, 15) is 9.59 Å². The number of aromatic amines is 1. The zero-order valence-corrected chi connectivity index (χ0v) is 19.5. The van der Waals surface area contributed by atoms with Crippen molar-refractivity contribution in [1.82, 2.24) is 20.2 Å². The highest BCUT2D eigenvalue weighted by Crippen LogP contribution is 2.33. The van der Waals surface area contributed by atoms with Crippen molar-refractivity contribution in [2.45, 2.75) is 50.2 Å². The van der Waals surface area contributed by atoms with Crippen molar-refractivity contribution in [2.24, 2.45) is 5.73 Å². The Morgan fingerprint density at radius 3 is 3.00 bits per heavy atom. The smallest absolute Gasteiger partial charge is 0.281 e. The lowest BCUT2D eigenvalue weighted by Gasteiger charge is -2.41. The highest BCUT2D eigenvalue weighted by atomic mass is 35.5. The summed E-state index contributed by atoms with van der Waals surface area (Å²) in [6.45, 7) is 1.72. The van der Waals surface area contributed by atoms with Crippen LogP contribution in [0, 0.1) is 0 Å². The molecule has 0 radical (unpaired) electrons. The minimum absolute atomic E-state index is 0.188. The summed E-state index contributed by atoms with van der Waals surface area (Å²) in [5.41, 5.74) is 7.59. The van der Waals surface area contributed by atoms with Gasteiger partial charge < -0.3 is 20.9 Å². The molecule has 2 aromatic heterocycles. The second-order valence-corrected chi connectivity index (χ2v) is 10.4. The van der Waals surface area contributed by atoms with Crippen molar-refractivity contribution in [3.05, 3.63) is 50.6 Å². The first-order chi connectivity index (χ1) is 15.4. The van der Waals surface area contributed by atoms with Crippen LogP contribution in [0.25, 0.3) is 10.9 Å². The third-order valence-corrected chi connectivity index (χ3v) is 7.97. The first-order valence-corrected chi connectivity index (χ1v) is 12.1. The molecule has 1 aliphatic heterocycles. The molecule has 1 amide bonds. The van der Waals surface area contributed by atoms with E-state index >= 15 is 0 Å². The Balaban J connectivity index is 1.47. The topological polar surface area (TPSA) is 104 Å². The van der Waals surface area contributed by atoms with Crippen LogP contribution in [0.2, 0.25) is 5.02 Å². The Morgan fingerprint density at radius 2 is 2.19 bits per heavy atom. The molecule has 32 heavy (non-hydrogen) atoms. The number of ketones is 1. The lowest BCUT2D eigenvalue weighted by Crippen LogP contribution is -2.66. The number of amides is 1. The third kappa shape index (κ3) is 3.75. The molecule has 2 unspecified atom stereocenters. The summed E-state index contributed by atoms with van der Waals surface area (Å²) in [4.78, 5) is 38.2. The summed E-state index contributed by atoms with van der Waals surface area (Å²) < 4.78 is 0. The van der Waals surface area contributed by atoms with Gasteiger partial charge >= 0.3 is 0 Å². The van der Waals surface area contributed by atoms with Crippen molar-refractivity contribution in [2.75, 3.05) is 13.6 Å². The summed E-state index contributed by atoms with van der Waals surface area (Å²) in [6.07, 6.45) is 3.77. The molecule has 0 bridgehead atoms. The minimum Gasteiger partial charge on any atom is -0.352 e. The zero-order valence-electron chi connectivity index (χ0n) is 17.9. The standard InChI is InChI=1S/C23H26ClN5O2S/c1-29-9-7-16-18(12-29)32-22(27-16)21(31)28-23(8-3-2-4-19(23)25)20(30)17-11-13-10-14(24)5-6-15(13)26-17/h5-6,10-11,19,26H,2-4,7-9,12,25H2,1H3,(H,28,31). The highest BCUT2D eigenvalue weighted by molar-refractivity contribution is 7.13. The fourth-order valence-corrected chi connectivity index (χ4v) is 6.10. The fraction of sp³-hybridized carbons (Fsp3) is 0.435. The van der Waals surface area contributed by atoms with Gasteiger partial charge in [0.05, 0.1) is 11.4 Å². The summed E-state index contributed by atoms with van der Waals surface area (Å²) in [5, 5.41) is 4.90. The van der Waals surface area contributed by atoms with Crippen LogP contribution in [0.15, 0.2) is 24.3 Å². The average molecular weight is 472 g/mol. The molecule has 3 aromatic rings.